The fourth-order valence-electron chi connectivity index (χ4n) is 1.73. The second kappa shape index (κ2) is 7.21. The molecule has 0 radical (unpaired) electrons. The number of ether oxygens (including phenoxy) is 2. The molecule has 0 spiro atoms. The van der Waals surface area contributed by atoms with E-state index in [0.717, 1.165) is 32.8 Å². The standard InChI is InChI=1S/C11H23NO2/c1-3-7-13-9-6-12-10(2)11-5-4-8-14-11/h10-12H,3-9H2,1-2H3. The molecule has 1 heterocycles. The Bertz CT molecular complexity index is 135. The smallest absolute Gasteiger partial charge is 0.0726 e. The monoisotopic (exact) mass is 201 g/mol. The van der Waals surface area contributed by atoms with Gasteiger partial charge in [-0.3, -0.25) is 0 Å². The zero-order valence-corrected chi connectivity index (χ0v) is 9.42. The quantitative estimate of drug-likeness (QED) is 0.634. The minimum Gasteiger partial charge on any atom is -0.380 e. The summed E-state index contributed by atoms with van der Waals surface area (Å²) in [6.07, 6.45) is 3.93. The molecule has 1 rings (SSSR count). The van der Waals surface area contributed by atoms with Crippen LogP contribution in [0.4, 0.5) is 0 Å². The van der Waals surface area contributed by atoms with Crippen LogP contribution in [0.1, 0.15) is 33.1 Å². The summed E-state index contributed by atoms with van der Waals surface area (Å²) in [5.41, 5.74) is 0. The summed E-state index contributed by atoms with van der Waals surface area (Å²) in [6, 6.07) is 0.461. The first-order valence-corrected chi connectivity index (χ1v) is 5.77. The third kappa shape index (κ3) is 4.40. The molecule has 84 valence electrons. The molecule has 1 aliphatic rings. The highest BCUT2D eigenvalue weighted by atomic mass is 16.5. The molecule has 1 N–H and O–H groups in total. The van der Waals surface area contributed by atoms with Gasteiger partial charge < -0.3 is 14.8 Å². The lowest BCUT2D eigenvalue weighted by Gasteiger charge is -2.19. The minimum absolute atomic E-state index is 0.418. The Labute approximate surface area is 87.2 Å². The van der Waals surface area contributed by atoms with Gasteiger partial charge in [-0.25, -0.2) is 0 Å². The molecule has 1 aliphatic heterocycles. The van der Waals surface area contributed by atoms with Crippen molar-refractivity contribution >= 4 is 0 Å². The molecule has 3 nitrogen and oxygen atoms in total. The first-order chi connectivity index (χ1) is 6.84. The number of hydrogen-bond donors (Lipinski definition) is 1. The fourth-order valence-corrected chi connectivity index (χ4v) is 1.73. The van der Waals surface area contributed by atoms with E-state index in [4.69, 9.17) is 9.47 Å². The van der Waals surface area contributed by atoms with Crippen molar-refractivity contribution in [2.75, 3.05) is 26.4 Å². The van der Waals surface area contributed by atoms with Crippen LogP contribution in [-0.2, 0) is 9.47 Å². The third-order valence-electron chi connectivity index (χ3n) is 2.58. The van der Waals surface area contributed by atoms with Crippen LogP contribution in [0, 0.1) is 0 Å². The first-order valence-electron chi connectivity index (χ1n) is 5.77. The van der Waals surface area contributed by atoms with E-state index < -0.39 is 0 Å². The van der Waals surface area contributed by atoms with Crippen molar-refractivity contribution in [2.24, 2.45) is 0 Å². The highest BCUT2D eigenvalue weighted by Gasteiger charge is 2.21. The van der Waals surface area contributed by atoms with Crippen molar-refractivity contribution in [2.45, 2.75) is 45.3 Å². The molecular weight excluding hydrogens is 178 g/mol. The van der Waals surface area contributed by atoms with Crippen LogP contribution < -0.4 is 5.32 Å². The van der Waals surface area contributed by atoms with Crippen LogP contribution in [0.2, 0.25) is 0 Å². The first kappa shape index (κ1) is 12.0. The number of nitrogens with one attached hydrogen (secondary N) is 1. The molecular formula is C11H23NO2. The average molecular weight is 201 g/mol. The molecule has 0 saturated carbocycles. The summed E-state index contributed by atoms with van der Waals surface area (Å²) in [5.74, 6) is 0. The van der Waals surface area contributed by atoms with Gasteiger partial charge in [0.25, 0.3) is 0 Å². The molecule has 2 atom stereocenters. The van der Waals surface area contributed by atoms with Gasteiger partial charge in [0.1, 0.15) is 0 Å². The van der Waals surface area contributed by atoms with E-state index in [2.05, 4.69) is 19.2 Å². The Balaban J connectivity index is 1.94. The van der Waals surface area contributed by atoms with Gasteiger partial charge in [0.2, 0.25) is 0 Å². The second-order valence-electron chi connectivity index (χ2n) is 3.91. The van der Waals surface area contributed by atoms with Gasteiger partial charge in [-0.05, 0) is 26.2 Å². The van der Waals surface area contributed by atoms with Crippen LogP contribution in [0.5, 0.6) is 0 Å². The Morgan fingerprint density at radius 1 is 1.50 bits per heavy atom. The summed E-state index contributed by atoms with van der Waals surface area (Å²) in [5, 5.41) is 3.43. The van der Waals surface area contributed by atoms with Gasteiger partial charge in [-0.15, -0.1) is 0 Å². The Hall–Kier alpha value is -0.120. The highest BCUT2D eigenvalue weighted by molar-refractivity contribution is 4.76. The normalized spacial score (nSPS) is 24.0. The van der Waals surface area contributed by atoms with E-state index in [0.29, 0.717) is 12.1 Å². The molecule has 0 bridgehead atoms. The van der Waals surface area contributed by atoms with Crippen molar-refractivity contribution in [3.63, 3.8) is 0 Å². The van der Waals surface area contributed by atoms with Crippen molar-refractivity contribution in [3.8, 4) is 0 Å². The van der Waals surface area contributed by atoms with E-state index in [1.54, 1.807) is 0 Å². The minimum atomic E-state index is 0.418. The van der Waals surface area contributed by atoms with Gasteiger partial charge in [-0.1, -0.05) is 6.92 Å². The molecule has 1 fully saturated rings. The zero-order valence-electron chi connectivity index (χ0n) is 9.42. The van der Waals surface area contributed by atoms with Gasteiger partial charge >= 0.3 is 0 Å². The zero-order chi connectivity index (χ0) is 10.2. The van der Waals surface area contributed by atoms with E-state index in [9.17, 15) is 0 Å². The predicted octanol–water partition coefficient (Wildman–Crippen LogP) is 1.57. The van der Waals surface area contributed by atoms with Crippen LogP contribution in [0.3, 0.4) is 0 Å². The van der Waals surface area contributed by atoms with Gasteiger partial charge in [0, 0.05) is 25.8 Å². The molecule has 14 heavy (non-hydrogen) atoms. The average Bonchev–Trinajstić information content (AvgIpc) is 2.70. The Morgan fingerprint density at radius 3 is 3.00 bits per heavy atom. The van der Waals surface area contributed by atoms with Gasteiger partial charge in [0.15, 0.2) is 0 Å². The van der Waals surface area contributed by atoms with Crippen LogP contribution >= 0.6 is 0 Å². The molecule has 0 amide bonds. The highest BCUT2D eigenvalue weighted by Crippen LogP contribution is 2.14. The molecule has 0 aromatic carbocycles. The lowest BCUT2D eigenvalue weighted by molar-refractivity contribution is 0.0770. The largest absolute Gasteiger partial charge is 0.380 e. The van der Waals surface area contributed by atoms with Crippen LogP contribution in [0.25, 0.3) is 0 Å². The maximum atomic E-state index is 5.59. The molecule has 0 aromatic heterocycles. The van der Waals surface area contributed by atoms with E-state index >= 15 is 0 Å². The SMILES string of the molecule is CCCOCCNC(C)C1CCCO1. The molecule has 1 saturated heterocycles. The predicted molar refractivity (Wildman–Crippen MR) is 57.5 cm³/mol. The second-order valence-corrected chi connectivity index (χ2v) is 3.91. The lowest BCUT2D eigenvalue weighted by atomic mass is 10.1. The maximum Gasteiger partial charge on any atom is 0.0726 e. The molecule has 2 unspecified atom stereocenters. The van der Waals surface area contributed by atoms with Crippen molar-refractivity contribution < 1.29 is 9.47 Å². The summed E-state index contributed by atoms with van der Waals surface area (Å²) in [6.45, 7) is 7.86. The van der Waals surface area contributed by atoms with E-state index in [1.807, 2.05) is 0 Å². The molecule has 0 aliphatic carbocycles. The van der Waals surface area contributed by atoms with Crippen LogP contribution in [0.15, 0.2) is 0 Å². The fraction of sp³-hybridized carbons (Fsp3) is 1.00. The summed E-state index contributed by atoms with van der Waals surface area (Å²) in [7, 11) is 0. The topological polar surface area (TPSA) is 30.5 Å². The number of hydrogen-bond acceptors (Lipinski definition) is 3. The number of rotatable bonds is 7. The Kier molecular flexibility index (Phi) is 6.15. The molecule has 3 heteroatoms. The maximum absolute atomic E-state index is 5.59. The van der Waals surface area contributed by atoms with Crippen molar-refractivity contribution in [1.82, 2.24) is 5.32 Å². The third-order valence-corrected chi connectivity index (χ3v) is 2.58. The summed E-state index contributed by atoms with van der Waals surface area (Å²) in [4.78, 5) is 0. The van der Waals surface area contributed by atoms with Crippen molar-refractivity contribution in [1.29, 1.82) is 0 Å². The van der Waals surface area contributed by atoms with E-state index in [1.165, 1.54) is 12.8 Å². The van der Waals surface area contributed by atoms with E-state index in [-0.39, 0.29) is 0 Å². The van der Waals surface area contributed by atoms with Gasteiger partial charge in [-0.2, -0.15) is 0 Å². The summed E-state index contributed by atoms with van der Waals surface area (Å²) >= 11 is 0. The summed E-state index contributed by atoms with van der Waals surface area (Å²) < 4.78 is 11.0. The Morgan fingerprint density at radius 2 is 2.36 bits per heavy atom. The van der Waals surface area contributed by atoms with Crippen molar-refractivity contribution in [3.05, 3.63) is 0 Å². The van der Waals surface area contributed by atoms with Gasteiger partial charge in [0.05, 0.1) is 12.7 Å². The van der Waals surface area contributed by atoms with Crippen LogP contribution in [-0.4, -0.2) is 38.5 Å². The lowest BCUT2D eigenvalue weighted by Crippen LogP contribution is -2.38. The molecule has 0 aromatic rings.